The number of fused-ring (bicyclic) bond motifs is 2. The van der Waals surface area contributed by atoms with E-state index in [9.17, 15) is 0 Å². The zero-order chi connectivity index (χ0) is 14.4. The zero-order valence-electron chi connectivity index (χ0n) is 13.0. The van der Waals surface area contributed by atoms with Crippen LogP contribution < -0.4 is 10.6 Å². The van der Waals surface area contributed by atoms with Crippen molar-refractivity contribution < 1.29 is 9.47 Å². The molecule has 0 amide bonds. The molecule has 0 saturated carbocycles. The van der Waals surface area contributed by atoms with Gasteiger partial charge in [-0.3, -0.25) is 4.99 Å². The lowest BCUT2D eigenvalue weighted by Crippen LogP contribution is -2.47. The van der Waals surface area contributed by atoms with Crippen LogP contribution in [0, 0.1) is 0 Å². The van der Waals surface area contributed by atoms with E-state index in [1.807, 2.05) is 0 Å². The molecular weight excluding hydrogens is 254 g/mol. The Morgan fingerprint density at radius 1 is 1.40 bits per heavy atom. The monoisotopic (exact) mass is 283 g/mol. The van der Waals surface area contributed by atoms with E-state index in [0.29, 0.717) is 24.4 Å². The molecule has 0 radical (unpaired) electrons. The second-order valence-electron chi connectivity index (χ2n) is 5.89. The van der Waals surface area contributed by atoms with Gasteiger partial charge in [-0.1, -0.05) is 0 Å². The van der Waals surface area contributed by atoms with Crippen LogP contribution in [0.15, 0.2) is 4.99 Å². The molecule has 0 aromatic rings. The Kier molecular flexibility index (Phi) is 6.10. The number of guanidine groups is 1. The summed E-state index contributed by atoms with van der Waals surface area (Å²) in [4.78, 5) is 4.62. The van der Waals surface area contributed by atoms with Gasteiger partial charge in [0.2, 0.25) is 0 Å². The van der Waals surface area contributed by atoms with Crippen LogP contribution in [0.1, 0.15) is 46.5 Å². The molecule has 0 spiro atoms. The largest absolute Gasteiger partial charge is 0.379 e. The van der Waals surface area contributed by atoms with Gasteiger partial charge in [0, 0.05) is 19.7 Å². The fourth-order valence-electron chi connectivity index (χ4n) is 2.86. The molecule has 2 bridgehead atoms. The van der Waals surface area contributed by atoms with E-state index in [-0.39, 0.29) is 0 Å². The van der Waals surface area contributed by atoms with Crippen LogP contribution in [-0.4, -0.2) is 50.0 Å². The zero-order valence-corrected chi connectivity index (χ0v) is 13.0. The summed E-state index contributed by atoms with van der Waals surface area (Å²) < 4.78 is 11.4. The first-order chi connectivity index (χ1) is 9.69. The van der Waals surface area contributed by atoms with E-state index in [0.717, 1.165) is 38.5 Å². The van der Waals surface area contributed by atoms with Crippen LogP contribution >= 0.6 is 0 Å². The minimum atomic E-state index is 0.302. The highest BCUT2D eigenvalue weighted by Crippen LogP contribution is 2.34. The fourth-order valence-corrected chi connectivity index (χ4v) is 2.86. The number of hydrogen-bond acceptors (Lipinski definition) is 3. The number of nitrogens with one attached hydrogen (secondary N) is 2. The maximum Gasteiger partial charge on any atom is 0.191 e. The van der Waals surface area contributed by atoms with Crippen LogP contribution in [0.5, 0.6) is 0 Å². The number of nitrogens with zero attached hydrogens (tertiary/aromatic N) is 1. The van der Waals surface area contributed by atoms with Gasteiger partial charge in [-0.05, 0) is 46.5 Å². The van der Waals surface area contributed by atoms with E-state index in [2.05, 4.69) is 36.4 Å². The summed E-state index contributed by atoms with van der Waals surface area (Å²) >= 11 is 0. The number of aliphatic imine (C=N–C) groups is 1. The van der Waals surface area contributed by atoms with Gasteiger partial charge in [0.25, 0.3) is 0 Å². The van der Waals surface area contributed by atoms with Crippen molar-refractivity contribution in [1.29, 1.82) is 0 Å². The van der Waals surface area contributed by atoms with E-state index >= 15 is 0 Å². The summed E-state index contributed by atoms with van der Waals surface area (Å²) in [5.41, 5.74) is 0. The third-order valence-corrected chi connectivity index (χ3v) is 3.80. The van der Waals surface area contributed by atoms with Gasteiger partial charge in [-0.15, -0.1) is 0 Å². The van der Waals surface area contributed by atoms with Crippen LogP contribution in [-0.2, 0) is 9.47 Å². The predicted molar refractivity (Wildman–Crippen MR) is 81.1 cm³/mol. The smallest absolute Gasteiger partial charge is 0.191 e. The van der Waals surface area contributed by atoms with Crippen LogP contribution in [0.25, 0.3) is 0 Å². The lowest BCUT2D eigenvalue weighted by atomic mass is 9.96. The molecule has 2 rings (SSSR count). The normalized spacial score (nSPS) is 29.2. The quantitative estimate of drug-likeness (QED) is 0.424. The molecular formula is C15H29N3O2. The maximum absolute atomic E-state index is 5.87. The van der Waals surface area contributed by atoms with Gasteiger partial charge in [-0.25, -0.2) is 0 Å². The molecule has 2 aliphatic heterocycles. The topological polar surface area (TPSA) is 54.9 Å². The van der Waals surface area contributed by atoms with Crippen molar-refractivity contribution in [3.05, 3.63) is 0 Å². The summed E-state index contributed by atoms with van der Waals surface area (Å²) in [6.07, 6.45) is 5.64. The average Bonchev–Trinajstić information content (AvgIpc) is 3.00. The van der Waals surface area contributed by atoms with Crippen molar-refractivity contribution >= 4 is 5.96 Å². The van der Waals surface area contributed by atoms with Crippen molar-refractivity contribution in [3.63, 3.8) is 0 Å². The molecule has 5 heteroatoms. The Labute approximate surface area is 122 Å². The van der Waals surface area contributed by atoms with Crippen molar-refractivity contribution in [1.82, 2.24) is 10.6 Å². The van der Waals surface area contributed by atoms with Crippen molar-refractivity contribution in [3.8, 4) is 0 Å². The van der Waals surface area contributed by atoms with Gasteiger partial charge in [0.1, 0.15) is 0 Å². The lowest BCUT2D eigenvalue weighted by molar-refractivity contribution is 0.0782. The molecule has 3 unspecified atom stereocenters. The molecule has 2 heterocycles. The summed E-state index contributed by atoms with van der Waals surface area (Å²) in [5.74, 6) is 0.915. The van der Waals surface area contributed by atoms with E-state index in [4.69, 9.17) is 9.47 Å². The molecule has 3 atom stereocenters. The second kappa shape index (κ2) is 7.84. The Morgan fingerprint density at radius 2 is 2.25 bits per heavy atom. The second-order valence-corrected chi connectivity index (χ2v) is 5.89. The number of hydrogen-bond donors (Lipinski definition) is 2. The fraction of sp³-hybridized carbons (Fsp3) is 0.933. The molecule has 2 aliphatic rings. The Morgan fingerprint density at radius 3 is 2.85 bits per heavy atom. The Hall–Kier alpha value is -0.810. The van der Waals surface area contributed by atoms with Gasteiger partial charge in [-0.2, -0.15) is 0 Å². The highest BCUT2D eigenvalue weighted by molar-refractivity contribution is 5.80. The van der Waals surface area contributed by atoms with Crippen molar-refractivity contribution in [2.45, 2.75) is 70.8 Å². The number of ether oxygens (including phenoxy) is 2. The molecule has 20 heavy (non-hydrogen) atoms. The maximum atomic E-state index is 5.87. The minimum absolute atomic E-state index is 0.302. The van der Waals surface area contributed by atoms with Gasteiger partial charge in [0.15, 0.2) is 5.96 Å². The highest BCUT2D eigenvalue weighted by Gasteiger charge is 2.41. The third-order valence-electron chi connectivity index (χ3n) is 3.80. The molecule has 0 aromatic heterocycles. The molecule has 5 nitrogen and oxygen atoms in total. The SMILES string of the molecule is CCNC(=NCCCOC(C)C)NC1CC2CCC1O2. The molecule has 0 aliphatic carbocycles. The lowest BCUT2D eigenvalue weighted by Gasteiger charge is -2.22. The number of rotatable bonds is 7. The average molecular weight is 283 g/mol. The Bertz CT molecular complexity index is 320. The molecule has 2 fully saturated rings. The standard InChI is InChI=1S/C15H29N3O2/c1-4-16-15(17-8-5-9-19-11(2)3)18-13-10-12-6-7-14(13)20-12/h11-14H,4-10H2,1-3H3,(H2,16,17,18). The van der Waals surface area contributed by atoms with Gasteiger partial charge >= 0.3 is 0 Å². The van der Waals surface area contributed by atoms with Crippen LogP contribution in [0.3, 0.4) is 0 Å². The van der Waals surface area contributed by atoms with Crippen LogP contribution in [0.2, 0.25) is 0 Å². The minimum Gasteiger partial charge on any atom is -0.379 e. The summed E-state index contributed by atoms with van der Waals surface area (Å²) in [5, 5.41) is 6.83. The summed E-state index contributed by atoms with van der Waals surface area (Å²) in [7, 11) is 0. The first-order valence-corrected chi connectivity index (χ1v) is 8.01. The Balaban J connectivity index is 1.72. The van der Waals surface area contributed by atoms with Gasteiger partial charge < -0.3 is 20.1 Å². The van der Waals surface area contributed by atoms with Crippen molar-refractivity contribution in [2.75, 3.05) is 19.7 Å². The van der Waals surface area contributed by atoms with Crippen LogP contribution in [0.4, 0.5) is 0 Å². The first kappa shape index (κ1) is 15.6. The summed E-state index contributed by atoms with van der Waals surface area (Å²) in [6, 6.07) is 0.429. The summed E-state index contributed by atoms with van der Waals surface area (Å²) in [6.45, 7) is 8.67. The van der Waals surface area contributed by atoms with Crippen molar-refractivity contribution in [2.24, 2.45) is 4.99 Å². The molecule has 2 saturated heterocycles. The first-order valence-electron chi connectivity index (χ1n) is 8.01. The molecule has 116 valence electrons. The van der Waals surface area contributed by atoms with E-state index in [1.54, 1.807) is 0 Å². The third kappa shape index (κ3) is 4.63. The molecule has 0 aromatic carbocycles. The highest BCUT2D eigenvalue weighted by atomic mass is 16.5. The molecule has 2 N–H and O–H groups in total. The van der Waals surface area contributed by atoms with Gasteiger partial charge in [0.05, 0.1) is 24.4 Å². The van der Waals surface area contributed by atoms with E-state index in [1.165, 1.54) is 12.8 Å². The predicted octanol–water partition coefficient (Wildman–Crippen LogP) is 1.68. The van der Waals surface area contributed by atoms with E-state index < -0.39 is 0 Å².